The third-order valence-electron chi connectivity index (χ3n) is 4.74. The molecule has 1 atom stereocenters. The Hall–Kier alpha value is -2.17. The quantitative estimate of drug-likeness (QED) is 0.341. The smallest absolute Gasteiger partial charge is 0.193 e. The number of aliphatic imine (C=N–C) groups is 1. The fourth-order valence-corrected chi connectivity index (χ4v) is 3.31. The molecular formula is C20H32N4O. The van der Waals surface area contributed by atoms with E-state index in [0.29, 0.717) is 5.92 Å². The van der Waals surface area contributed by atoms with Gasteiger partial charge < -0.3 is 19.9 Å². The van der Waals surface area contributed by atoms with Crippen molar-refractivity contribution in [1.82, 2.24) is 10.2 Å². The number of nitrogens with one attached hydrogen (secondary N) is 1. The average molecular weight is 345 g/mol. The van der Waals surface area contributed by atoms with Gasteiger partial charge in [-0.2, -0.15) is 0 Å². The van der Waals surface area contributed by atoms with Gasteiger partial charge in [0.05, 0.1) is 12.8 Å². The van der Waals surface area contributed by atoms with Crippen molar-refractivity contribution in [2.75, 3.05) is 52.3 Å². The topological polar surface area (TPSA) is 40.1 Å². The van der Waals surface area contributed by atoms with Crippen LogP contribution in [0.3, 0.4) is 0 Å². The summed E-state index contributed by atoms with van der Waals surface area (Å²) < 4.78 is 5.50. The summed E-state index contributed by atoms with van der Waals surface area (Å²) in [5.41, 5.74) is 1.19. The monoisotopic (exact) mass is 344 g/mol. The molecule has 1 aliphatic rings. The standard InChI is InChI=1S/C20H32N4O/c1-5-6-9-13-23(3)20(21-2)22-15-17-12-14-24(16-17)18-10-7-8-11-19(18)25-4/h5,7-8,10-11,17H,1,6,9,12-16H2,2-4H3,(H,21,22). The Morgan fingerprint density at radius 1 is 1.48 bits per heavy atom. The minimum atomic E-state index is 0.614. The lowest BCUT2D eigenvalue weighted by Crippen LogP contribution is -2.41. The summed E-state index contributed by atoms with van der Waals surface area (Å²) in [4.78, 5) is 9.01. The number of unbranched alkanes of at least 4 members (excludes halogenated alkanes) is 1. The van der Waals surface area contributed by atoms with Gasteiger partial charge in [0.2, 0.25) is 0 Å². The minimum Gasteiger partial charge on any atom is -0.495 e. The molecule has 138 valence electrons. The first-order valence-corrected chi connectivity index (χ1v) is 9.10. The summed E-state index contributed by atoms with van der Waals surface area (Å²) in [6, 6.07) is 8.26. The van der Waals surface area contributed by atoms with Crippen molar-refractivity contribution in [1.29, 1.82) is 0 Å². The highest BCUT2D eigenvalue weighted by Crippen LogP contribution is 2.31. The highest BCUT2D eigenvalue weighted by atomic mass is 16.5. The van der Waals surface area contributed by atoms with E-state index in [9.17, 15) is 0 Å². The molecule has 1 aromatic carbocycles. The predicted octanol–water partition coefficient (Wildman–Crippen LogP) is 2.99. The summed E-state index contributed by atoms with van der Waals surface area (Å²) in [6.45, 7) is 7.83. The van der Waals surface area contributed by atoms with Crippen molar-refractivity contribution >= 4 is 11.6 Å². The second kappa shape index (κ2) is 9.97. The van der Waals surface area contributed by atoms with E-state index in [1.165, 1.54) is 12.1 Å². The van der Waals surface area contributed by atoms with Crippen LogP contribution in [0.4, 0.5) is 5.69 Å². The zero-order valence-corrected chi connectivity index (χ0v) is 15.9. The molecule has 1 heterocycles. The zero-order valence-electron chi connectivity index (χ0n) is 15.9. The van der Waals surface area contributed by atoms with Crippen molar-refractivity contribution in [2.24, 2.45) is 10.9 Å². The second-order valence-corrected chi connectivity index (χ2v) is 6.55. The maximum Gasteiger partial charge on any atom is 0.193 e. The van der Waals surface area contributed by atoms with Crippen LogP contribution in [0, 0.1) is 5.92 Å². The molecule has 1 unspecified atom stereocenters. The second-order valence-electron chi connectivity index (χ2n) is 6.55. The van der Waals surface area contributed by atoms with Crippen LogP contribution in [-0.4, -0.2) is 58.2 Å². The molecular weight excluding hydrogens is 312 g/mol. The SMILES string of the molecule is C=CCCCN(C)C(=NC)NCC1CCN(c2ccccc2OC)C1. The lowest BCUT2D eigenvalue weighted by atomic mass is 10.1. The number of benzene rings is 1. The Labute approximate surface area is 152 Å². The summed E-state index contributed by atoms with van der Waals surface area (Å²) in [5, 5.41) is 3.53. The van der Waals surface area contributed by atoms with E-state index in [2.05, 4.69) is 45.9 Å². The normalized spacial score (nSPS) is 17.5. The van der Waals surface area contributed by atoms with Crippen LogP contribution in [0.1, 0.15) is 19.3 Å². The van der Waals surface area contributed by atoms with Gasteiger partial charge in [-0.1, -0.05) is 18.2 Å². The van der Waals surface area contributed by atoms with Crippen LogP contribution in [-0.2, 0) is 0 Å². The van der Waals surface area contributed by atoms with E-state index in [1.54, 1.807) is 7.11 Å². The number of hydrogen-bond donors (Lipinski definition) is 1. The molecule has 0 saturated carbocycles. The Morgan fingerprint density at radius 2 is 2.28 bits per heavy atom. The number of hydrogen-bond acceptors (Lipinski definition) is 3. The maximum atomic E-state index is 5.50. The van der Waals surface area contributed by atoms with Gasteiger partial charge in [0.25, 0.3) is 0 Å². The molecule has 0 spiro atoms. The number of anilines is 1. The first kappa shape index (κ1) is 19.2. The largest absolute Gasteiger partial charge is 0.495 e. The number of para-hydroxylation sites is 2. The number of allylic oxidation sites excluding steroid dienone is 1. The van der Waals surface area contributed by atoms with E-state index in [4.69, 9.17) is 4.74 Å². The molecule has 1 aliphatic heterocycles. The van der Waals surface area contributed by atoms with Crippen molar-refractivity contribution in [3.05, 3.63) is 36.9 Å². The lowest BCUT2D eigenvalue weighted by Gasteiger charge is -2.24. The molecule has 25 heavy (non-hydrogen) atoms. The molecule has 0 radical (unpaired) electrons. The fourth-order valence-electron chi connectivity index (χ4n) is 3.31. The molecule has 0 aliphatic carbocycles. The molecule has 0 amide bonds. The van der Waals surface area contributed by atoms with Crippen LogP contribution in [0.25, 0.3) is 0 Å². The molecule has 5 heteroatoms. The fraction of sp³-hybridized carbons (Fsp3) is 0.550. The third kappa shape index (κ3) is 5.41. The zero-order chi connectivity index (χ0) is 18.1. The minimum absolute atomic E-state index is 0.614. The van der Waals surface area contributed by atoms with Crippen LogP contribution in [0.15, 0.2) is 41.9 Å². The number of ether oxygens (including phenoxy) is 1. The average Bonchev–Trinajstić information content (AvgIpc) is 3.11. The van der Waals surface area contributed by atoms with Gasteiger partial charge in [-0.3, -0.25) is 4.99 Å². The summed E-state index contributed by atoms with van der Waals surface area (Å²) in [5.74, 6) is 2.54. The maximum absolute atomic E-state index is 5.50. The lowest BCUT2D eigenvalue weighted by molar-refractivity contribution is 0.414. The van der Waals surface area contributed by atoms with Gasteiger partial charge in [0.1, 0.15) is 5.75 Å². The van der Waals surface area contributed by atoms with E-state index in [0.717, 1.165) is 50.7 Å². The van der Waals surface area contributed by atoms with Crippen molar-refractivity contribution in [3.8, 4) is 5.75 Å². The predicted molar refractivity (Wildman–Crippen MR) is 107 cm³/mol. The molecule has 5 nitrogen and oxygen atoms in total. The van der Waals surface area contributed by atoms with Crippen LogP contribution < -0.4 is 15.0 Å². The summed E-state index contributed by atoms with van der Waals surface area (Å²) >= 11 is 0. The van der Waals surface area contributed by atoms with Gasteiger partial charge in [-0.05, 0) is 37.3 Å². The van der Waals surface area contributed by atoms with Crippen LogP contribution >= 0.6 is 0 Å². The Kier molecular flexibility index (Phi) is 7.64. The molecule has 2 rings (SSSR count). The third-order valence-corrected chi connectivity index (χ3v) is 4.74. The molecule has 0 bridgehead atoms. The van der Waals surface area contributed by atoms with E-state index < -0.39 is 0 Å². The van der Waals surface area contributed by atoms with Crippen LogP contribution in [0.2, 0.25) is 0 Å². The molecule has 1 aromatic rings. The van der Waals surface area contributed by atoms with Gasteiger partial charge in [0.15, 0.2) is 5.96 Å². The number of rotatable bonds is 8. The number of nitrogens with zero attached hydrogens (tertiary/aromatic N) is 3. The first-order valence-electron chi connectivity index (χ1n) is 9.10. The molecule has 1 fully saturated rings. The number of guanidine groups is 1. The van der Waals surface area contributed by atoms with Crippen LogP contribution in [0.5, 0.6) is 5.75 Å². The van der Waals surface area contributed by atoms with E-state index >= 15 is 0 Å². The van der Waals surface area contributed by atoms with Gasteiger partial charge >= 0.3 is 0 Å². The molecule has 0 aromatic heterocycles. The van der Waals surface area contributed by atoms with E-state index in [-0.39, 0.29) is 0 Å². The summed E-state index contributed by atoms with van der Waals surface area (Å²) in [6.07, 6.45) is 5.29. The number of methoxy groups -OCH3 is 1. The highest BCUT2D eigenvalue weighted by Gasteiger charge is 2.24. The Balaban J connectivity index is 1.83. The van der Waals surface area contributed by atoms with Gasteiger partial charge in [-0.15, -0.1) is 6.58 Å². The Morgan fingerprint density at radius 3 is 3.00 bits per heavy atom. The highest BCUT2D eigenvalue weighted by molar-refractivity contribution is 5.79. The van der Waals surface area contributed by atoms with Crippen molar-refractivity contribution < 1.29 is 4.74 Å². The molecule has 1 N–H and O–H groups in total. The molecule has 1 saturated heterocycles. The van der Waals surface area contributed by atoms with E-state index in [1.807, 2.05) is 25.3 Å². The van der Waals surface area contributed by atoms with Gasteiger partial charge in [-0.25, -0.2) is 0 Å². The van der Waals surface area contributed by atoms with Crippen molar-refractivity contribution in [3.63, 3.8) is 0 Å². The Bertz CT molecular complexity index is 573. The first-order chi connectivity index (χ1) is 12.2. The van der Waals surface area contributed by atoms with Gasteiger partial charge in [0, 0.05) is 40.3 Å². The van der Waals surface area contributed by atoms with Crippen molar-refractivity contribution in [2.45, 2.75) is 19.3 Å². The summed E-state index contributed by atoms with van der Waals surface area (Å²) in [7, 11) is 5.68.